The molecular weight excluding hydrogens is 150 g/mol. The van der Waals surface area contributed by atoms with Crippen molar-refractivity contribution in [2.75, 3.05) is 13.1 Å². The van der Waals surface area contributed by atoms with Crippen LogP contribution in [0, 0.1) is 0 Å². The van der Waals surface area contributed by atoms with Crippen molar-refractivity contribution in [3.8, 4) is 0 Å². The zero-order valence-electron chi connectivity index (χ0n) is 8.18. The highest BCUT2D eigenvalue weighted by atomic mass is 16.1. The molecule has 1 unspecified atom stereocenters. The van der Waals surface area contributed by atoms with Crippen molar-refractivity contribution >= 4 is 5.78 Å². The first-order chi connectivity index (χ1) is 5.79. The van der Waals surface area contributed by atoms with Crippen LogP contribution in [-0.4, -0.2) is 29.8 Å². The molecule has 2 heteroatoms. The Morgan fingerprint density at radius 2 is 2.25 bits per heavy atom. The summed E-state index contributed by atoms with van der Waals surface area (Å²) in [4.78, 5) is 13.7. The number of Topliss-reactive ketones (excluding diaryl/α,β-unsaturated/α-hetero) is 1. The first kappa shape index (κ1) is 9.72. The molecule has 0 saturated heterocycles. The lowest BCUT2D eigenvalue weighted by Crippen LogP contribution is -2.38. The van der Waals surface area contributed by atoms with Crippen molar-refractivity contribution < 1.29 is 4.79 Å². The van der Waals surface area contributed by atoms with E-state index in [4.69, 9.17) is 0 Å². The van der Waals surface area contributed by atoms with Crippen LogP contribution in [0.1, 0.15) is 39.5 Å². The maximum atomic E-state index is 11.4. The second-order valence-electron chi connectivity index (χ2n) is 3.50. The quantitative estimate of drug-likeness (QED) is 0.640. The number of rotatable bonds is 4. The minimum Gasteiger partial charge on any atom is -0.298 e. The summed E-state index contributed by atoms with van der Waals surface area (Å²) in [7, 11) is 0. The topological polar surface area (TPSA) is 20.3 Å². The zero-order valence-corrected chi connectivity index (χ0v) is 8.18. The lowest BCUT2D eigenvalue weighted by molar-refractivity contribution is -0.121. The molecule has 1 fully saturated rings. The lowest BCUT2D eigenvalue weighted by Gasteiger charge is -2.25. The van der Waals surface area contributed by atoms with Gasteiger partial charge in [-0.1, -0.05) is 13.8 Å². The van der Waals surface area contributed by atoms with E-state index in [-0.39, 0.29) is 6.04 Å². The minimum absolute atomic E-state index is 0.259. The van der Waals surface area contributed by atoms with Crippen LogP contribution in [-0.2, 0) is 4.79 Å². The molecule has 1 aliphatic rings. The predicted molar refractivity (Wildman–Crippen MR) is 50.2 cm³/mol. The second kappa shape index (κ2) is 4.61. The molecule has 1 rings (SSSR count). The summed E-state index contributed by atoms with van der Waals surface area (Å²) in [5.41, 5.74) is 0. The lowest BCUT2D eigenvalue weighted by atomic mass is 10.2. The molecule has 0 radical (unpaired) electrons. The SMILES string of the molecule is CCCN(CC)C1CCCC1=O. The summed E-state index contributed by atoms with van der Waals surface area (Å²) in [6, 6.07) is 0.259. The highest BCUT2D eigenvalue weighted by Crippen LogP contribution is 2.20. The van der Waals surface area contributed by atoms with E-state index in [1.807, 2.05) is 0 Å². The highest BCUT2D eigenvalue weighted by molar-refractivity contribution is 5.85. The van der Waals surface area contributed by atoms with E-state index >= 15 is 0 Å². The fourth-order valence-electron chi connectivity index (χ4n) is 2.01. The Morgan fingerprint density at radius 3 is 2.67 bits per heavy atom. The average molecular weight is 169 g/mol. The standard InChI is InChI=1S/C10H19NO/c1-3-8-11(4-2)9-6-5-7-10(9)12/h9H,3-8H2,1-2H3. The number of nitrogens with zero attached hydrogens (tertiary/aromatic N) is 1. The summed E-state index contributed by atoms with van der Waals surface area (Å²) in [5.74, 6) is 0.463. The fraction of sp³-hybridized carbons (Fsp3) is 0.900. The van der Waals surface area contributed by atoms with E-state index in [0.29, 0.717) is 5.78 Å². The third kappa shape index (κ3) is 2.07. The van der Waals surface area contributed by atoms with Crippen molar-refractivity contribution in [1.29, 1.82) is 0 Å². The van der Waals surface area contributed by atoms with E-state index in [1.165, 1.54) is 0 Å². The number of carbonyl (C=O) groups excluding carboxylic acids is 1. The Labute approximate surface area is 74.9 Å². The van der Waals surface area contributed by atoms with Crippen LogP contribution in [0.5, 0.6) is 0 Å². The number of ketones is 1. The molecule has 0 aromatic rings. The Balaban J connectivity index is 2.46. The summed E-state index contributed by atoms with van der Waals surface area (Å²) >= 11 is 0. The Morgan fingerprint density at radius 1 is 1.50 bits per heavy atom. The van der Waals surface area contributed by atoms with Gasteiger partial charge < -0.3 is 0 Å². The molecule has 1 aliphatic carbocycles. The normalized spacial score (nSPS) is 23.9. The first-order valence-corrected chi connectivity index (χ1v) is 5.06. The van der Waals surface area contributed by atoms with Gasteiger partial charge in [0.2, 0.25) is 0 Å². The van der Waals surface area contributed by atoms with Crippen molar-refractivity contribution in [3.05, 3.63) is 0 Å². The van der Waals surface area contributed by atoms with Crippen LogP contribution in [0.2, 0.25) is 0 Å². The van der Waals surface area contributed by atoms with Crippen molar-refractivity contribution in [3.63, 3.8) is 0 Å². The van der Waals surface area contributed by atoms with E-state index in [0.717, 1.165) is 38.8 Å². The molecule has 0 aromatic heterocycles. The summed E-state index contributed by atoms with van der Waals surface area (Å²) in [6.45, 7) is 6.40. The Hall–Kier alpha value is -0.370. The van der Waals surface area contributed by atoms with Crippen LogP contribution < -0.4 is 0 Å². The van der Waals surface area contributed by atoms with Gasteiger partial charge in [0.15, 0.2) is 0 Å². The molecule has 0 bridgehead atoms. The number of hydrogen-bond donors (Lipinski definition) is 0. The third-order valence-electron chi connectivity index (χ3n) is 2.63. The molecule has 1 saturated carbocycles. The molecule has 12 heavy (non-hydrogen) atoms. The first-order valence-electron chi connectivity index (χ1n) is 5.06. The minimum atomic E-state index is 0.259. The Bertz CT molecular complexity index is 156. The molecule has 0 N–H and O–H groups in total. The van der Waals surface area contributed by atoms with Gasteiger partial charge in [-0.15, -0.1) is 0 Å². The summed E-state index contributed by atoms with van der Waals surface area (Å²) in [5, 5.41) is 0. The summed E-state index contributed by atoms with van der Waals surface area (Å²) < 4.78 is 0. The molecule has 0 aromatic carbocycles. The van der Waals surface area contributed by atoms with Gasteiger partial charge in [-0.05, 0) is 32.4 Å². The van der Waals surface area contributed by atoms with Gasteiger partial charge in [0.1, 0.15) is 5.78 Å². The number of carbonyl (C=O) groups is 1. The van der Waals surface area contributed by atoms with Crippen LogP contribution in [0.15, 0.2) is 0 Å². The van der Waals surface area contributed by atoms with Crippen LogP contribution in [0.4, 0.5) is 0 Å². The molecule has 70 valence electrons. The van der Waals surface area contributed by atoms with E-state index in [9.17, 15) is 4.79 Å². The molecule has 0 heterocycles. The van der Waals surface area contributed by atoms with Gasteiger partial charge in [-0.2, -0.15) is 0 Å². The average Bonchev–Trinajstić information content (AvgIpc) is 2.47. The third-order valence-corrected chi connectivity index (χ3v) is 2.63. The van der Waals surface area contributed by atoms with Crippen LogP contribution in [0.25, 0.3) is 0 Å². The monoisotopic (exact) mass is 169 g/mol. The van der Waals surface area contributed by atoms with Gasteiger partial charge in [0.05, 0.1) is 6.04 Å². The maximum Gasteiger partial charge on any atom is 0.149 e. The van der Waals surface area contributed by atoms with E-state index in [2.05, 4.69) is 18.7 Å². The van der Waals surface area contributed by atoms with E-state index < -0.39 is 0 Å². The molecule has 1 atom stereocenters. The van der Waals surface area contributed by atoms with Gasteiger partial charge in [0, 0.05) is 6.42 Å². The summed E-state index contributed by atoms with van der Waals surface area (Å²) in [6.07, 6.45) is 4.15. The van der Waals surface area contributed by atoms with Gasteiger partial charge >= 0.3 is 0 Å². The maximum absolute atomic E-state index is 11.4. The predicted octanol–water partition coefficient (Wildman–Crippen LogP) is 1.84. The zero-order chi connectivity index (χ0) is 8.97. The molecule has 0 spiro atoms. The number of hydrogen-bond acceptors (Lipinski definition) is 2. The van der Waals surface area contributed by atoms with Gasteiger partial charge in [-0.25, -0.2) is 0 Å². The smallest absolute Gasteiger partial charge is 0.149 e. The van der Waals surface area contributed by atoms with Crippen LogP contribution in [0.3, 0.4) is 0 Å². The largest absolute Gasteiger partial charge is 0.298 e. The van der Waals surface area contributed by atoms with Crippen LogP contribution >= 0.6 is 0 Å². The number of likely N-dealkylation sites (N-methyl/N-ethyl adjacent to an activating group) is 1. The molecule has 0 amide bonds. The molecular formula is C10H19NO. The van der Waals surface area contributed by atoms with Gasteiger partial charge in [0.25, 0.3) is 0 Å². The molecule has 2 nitrogen and oxygen atoms in total. The van der Waals surface area contributed by atoms with Crippen molar-refractivity contribution in [2.45, 2.75) is 45.6 Å². The molecule has 0 aliphatic heterocycles. The van der Waals surface area contributed by atoms with Crippen molar-refractivity contribution in [1.82, 2.24) is 4.90 Å². The fourth-order valence-corrected chi connectivity index (χ4v) is 2.01. The van der Waals surface area contributed by atoms with Gasteiger partial charge in [-0.3, -0.25) is 9.69 Å². The second-order valence-corrected chi connectivity index (χ2v) is 3.50. The highest BCUT2D eigenvalue weighted by Gasteiger charge is 2.28. The Kier molecular flexibility index (Phi) is 3.73. The van der Waals surface area contributed by atoms with E-state index in [1.54, 1.807) is 0 Å². The van der Waals surface area contributed by atoms with Crippen molar-refractivity contribution in [2.24, 2.45) is 0 Å².